The Kier molecular flexibility index (Phi) is 3.61. The van der Waals surface area contributed by atoms with E-state index >= 15 is 0 Å². The van der Waals surface area contributed by atoms with Crippen molar-refractivity contribution in [2.45, 2.75) is 6.92 Å². The number of hydrogen-bond acceptors (Lipinski definition) is 5. The number of aromatic nitrogens is 1. The molecule has 0 aliphatic rings. The van der Waals surface area contributed by atoms with Crippen molar-refractivity contribution >= 4 is 11.4 Å². The van der Waals surface area contributed by atoms with E-state index in [4.69, 9.17) is 4.74 Å². The van der Waals surface area contributed by atoms with Crippen LogP contribution in [-0.4, -0.2) is 17.0 Å². The van der Waals surface area contributed by atoms with E-state index in [-0.39, 0.29) is 5.69 Å². The lowest BCUT2D eigenvalue weighted by atomic mass is 10.2. The lowest BCUT2D eigenvalue weighted by molar-refractivity contribution is -0.385. The van der Waals surface area contributed by atoms with E-state index in [0.717, 1.165) is 5.69 Å². The molecule has 0 spiro atoms. The molecule has 0 atom stereocenters. The number of anilines is 1. The van der Waals surface area contributed by atoms with Crippen molar-refractivity contribution < 1.29 is 9.66 Å². The number of nitro groups is 1. The Bertz CT molecular complexity index is 597. The molecule has 6 heteroatoms. The van der Waals surface area contributed by atoms with Gasteiger partial charge in [-0.25, -0.2) is 4.98 Å². The molecule has 6 nitrogen and oxygen atoms in total. The first kappa shape index (κ1) is 12.8. The van der Waals surface area contributed by atoms with Gasteiger partial charge in [-0.1, -0.05) is 0 Å². The summed E-state index contributed by atoms with van der Waals surface area (Å²) >= 11 is 0. The summed E-state index contributed by atoms with van der Waals surface area (Å²) < 4.78 is 5.58. The second kappa shape index (κ2) is 5.34. The second-order valence-electron chi connectivity index (χ2n) is 3.95. The summed E-state index contributed by atoms with van der Waals surface area (Å²) in [5.74, 6) is 0.992. The van der Waals surface area contributed by atoms with Crippen LogP contribution in [0.3, 0.4) is 0 Å². The van der Waals surface area contributed by atoms with Crippen molar-refractivity contribution in [2.24, 2.45) is 0 Å². The highest BCUT2D eigenvalue weighted by Crippen LogP contribution is 2.26. The van der Waals surface area contributed by atoms with Gasteiger partial charge in [0.1, 0.15) is 11.9 Å². The van der Waals surface area contributed by atoms with Crippen LogP contribution in [0, 0.1) is 17.0 Å². The number of aryl methyl sites for hydroxylation is 1. The fraction of sp³-hybridized carbons (Fsp3) is 0.154. The maximum Gasteiger partial charge on any atom is 0.288 e. The Hall–Kier alpha value is -2.63. The third-order valence-corrected chi connectivity index (χ3v) is 2.58. The molecule has 0 bridgehead atoms. The van der Waals surface area contributed by atoms with Crippen LogP contribution < -0.4 is 10.1 Å². The van der Waals surface area contributed by atoms with Crippen LogP contribution in [0.4, 0.5) is 11.4 Å². The Morgan fingerprint density at radius 2 is 2.00 bits per heavy atom. The predicted octanol–water partition coefficient (Wildman–Crippen LogP) is 3.13. The van der Waals surface area contributed by atoms with Crippen molar-refractivity contribution in [3.63, 3.8) is 0 Å². The van der Waals surface area contributed by atoms with Crippen molar-refractivity contribution in [1.82, 2.24) is 4.98 Å². The van der Waals surface area contributed by atoms with Crippen LogP contribution >= 0.6 is 0 Å². The van der Waals surface area contributed by atoms with Gasteiger partial charge in [0.15, 0.2) is 0 Å². The summed E-state index contributed by atoms with van der Waals surface area (Å²) in [6, 6.07) is 8.78. The van der Waals surface area contributed by atoms with Crippen molar-refractivity contribution in [3.05, 3.63) is 52.2 Å². The molecule has 0 unspecified atom stereocenters. The molecule has 0 aliphatic heterocycles. The van der Waals surface area contributed by atoms with E-state index in [0.29, 0.717) is 17.2 Å². The molecular formula is C13H13N3O3. The largest absolute Gasteiger partial charge is 0.439 e. The Morgan fingerprint density at radius 3 is 2.53 bits per heavy atom. The van der Waals surface area contributed by atoms with Gasteiger partial charge in [-0.05, 0) is 31.2 Å². The van der Waals surface area contributed by atoms with E-state index in [9.17, 15) is 10.1 Å². The van der Waals surface area contributed by atoms with Gasteiger partial charge in [0.2, 0.25) is 5.88 Å². The molecule has 1 aromatic heterocycles. The summed E-state index contributed by atoms with van der Waals surface area (Å²) in [4.78, 5) is 14.1. The van der Waals surface area contributed by atoms with Crippen molar-refractivity contribution in [1.29, 1.82) is 0 Å². The summed E-state index contributed by atoms with van der Waals surface area (Å²) in [5, 5.41) is 13.6. The Morgan fingerprint density at radius 1 is 1.32 bits per heavy atom. The Labute approximate surface area is 110 Å². The average molecular weight is 259 g/mol. The van der Waals surface area contributed by atoms with E-state index in [2.05, 4.69) is 10.3 Å². The van der Waals surface area contributed by atoms with Gasteiger partial charge < -0.3 is 10.1 Å². The highest BCUT2D eigenvalue weighted by Gasteiger charge is 2.10. The van der Waals surface area contributed by atoms with Gasteiger partial charge in [-0.3, -0.25) is 10.1 Å². The molecule has 2 rings (SSSR count). The van der Waals surface area contributed by atoms with Gasteiger partial charge in [-0.15, -0.1) is 0 Å². The van der Waals surface area contributed by atoms with Gasteiger partial charge in [-0.2, -0.15) is 0 Å². The fourth-order valence-corrected chi connectivity index (χ4v) is 1.56. The third-order valence-electron chi connectivity index (χ3n) is 2.58. The smallest absolute Gasteiger partial charge is 0.288 e. The zero-order chi connectivity index (χ0) is 13.8. The molecule has 0 fully saturated rings. The SMILES string of the molecule is CNc1ccc(Oc2ncc([N+](=O)[O-])cc2C)cc1. The maximum absolute atomic E-state index is 10.6. The standard InChI is InChI=1S/C13H13N3O3/c1-9-7-11(16(17)18)8-15-13(9)19-12-5-3-10(14-2)4-6-12/h3-8,14H,1-2H3. The normalized spacial score (nSPS) is 10.0. The maximum atomic E-state index is 10.6. The minimum Gasteiger partial charge on any atom is -0.439 e. The fourth-order valence-electron chi connectivity index (χ4n) is 1.56. The number of benzene rings is 1. The first-order valence-corrected chi connectivity index (χ1v) is 5.67. The molecule has 0 radical (unpaired) electrons. The molecule has 2 aromatic rings. The van der Waals surface area contributed by atoms with E-state index in [1.54, 1.807) is 19.1 Å². The minimum absolute atomic E-state index is 0.0459. The molecule has 0 aliphatic carbocycles. The molecule has 98 valence electrons. The predicted molar refractivity (Wildman–Crippen MR) is 71.7 cm³/mol. The van der Waals surface area contributed by atoms with E-state index in [1.807, 2.05) is 19.2 Å². The van der Waals surface area contributed by atoms with Crippen LogP contribution in [-0.2, 0) is 0 Å². The third kappa shape index (κ3) is 2.98. The molecule has 1 N–H and O–H groups in total. The zero-order valence-electron chi connectivity index (χ0n) is 10.6. The molecule has 19 heavy (non-hydrogen) atoms. The van der Waals surface area contributed by atoms with Gasteiger partial charge >= 0.3 is 0 Å². The quantitative estimate of drug-likeness (QED) is 0.674. The van der Waals surface area contributed by atoms with Crippen LogP contribution in [0.25, 0.3) is 0 Å². The van der Waals surface area contributed by atoms with Crippen molar-refractivity contribution in [3.8, 4) is 11.6 Å². The number of hydrogen-bond donors (Lipinski definition) is 1. The van der Waals surface area contributed by atoms with Crippen LogP contribution in [0.1, 0.15) is 5.56 Å². The molecular weight excluding hydrogens is 246 g/mol. The zero-order valence-corrected chi connectivity index (χ0v) is 10.6. The first-order valence-electron chi connectivity index (χ1n) is 5.67. The van der Waals surface area contributed by atoms with E-state index < -0.39 is 4.92 Å². The van der Waals surface area contributed by atoms with Gasteiger partial charge in [0.25, 0.3) is 5.69 Å². The average Bonchev–Trinajstić information content (AvgIpc) is 2.41. The summed E-state index contributed by atoms with van der Waals surface area (Å²) in [5.41, 5.74) is 1.54. The lowest BCUT2D eigenvalue weighted by Gasteiger charge is -2.07. The number of rotatable bonds is 4. The molecule has 0 saturated carbocycles. The second-order valence-corrected chi connectivity index (χ2v) is 3.95. The first-order chi connectivity index (χ1) is 9.10. The van der Waals surface area contributed by atoms with Crippen molar-refractivity contribution in [2.75, 3.05) is 12.4 Å². The van der Waals surface area contributed by atoms with Crippen LogP contribution in [0.2, 0.25) is 0 Å². The highest BCUT2D eigenvalue weighted by atomic mass is 16.6. The summed E-state index contributed by atoms with van der Waals surface area (Å²) in [7, 11) is 1.83. The number of nitrogens with one attached hydrogen (secondary N) is 1. The highest BCUT2D eigenvalue weighted by molar-refractivity contribution is 5.47. The molecule has 1 heterocycles. The molecule has 0 saturated heterocycles. The number of nitrogens with zero attached hydrogens (tertiary/aromatic N) is 2. The van der Waals surface area contributed by atoms with Crippen LogP contribution in [0.15, 0.2) is 36.5 Å². The summed E-state index contributed by atoms with van der Waals surface area (Å²) in [6.45, 7) is 1.72. The monoisotopic (exact) mass is 259 g/mol. The van der Waals surface area contributed by atoms with Gasteiger partial charge in [0, 0.05) is 24.4 Å². The lowest BCUT2D eigenvalue weighted by Crippen LogP contribution is -1.95. The minimum atomic E-state index is -0.481. The topological polar surface area (TPSA) is 77.3 Å². The summed E-state index contributed by atoms with van der Waals surface area (Å²) in [6.07, 6.45) is 1.18. The van der Waals surface area contributed by atoms with E-state index in [1.165, 1.54) is 12.3 Å². The molecule has 0 amide bonds. The van der Waals surface area contributed by atoms with Gasteiger partial charge in [0.05, 0.1) is 4.92 Å². The number of pyridine rings is 1. The van der Waals surface area contributed by atoms with Crippen LogP contribution in [0.5, 0.6) is 11.6 Å². The number of ether oxygens (including phenoxy) is 1. The Balaban J connectivity index is 2.20. The molecule has 1 aromatic carbocycles.